The average molecular weight is 252 g/mol. The van der Waals surface area contributed by atoms with E-state index >= 15 is 0 Å². The zero-order chi connectivity index (χ0) is 13.5. The Morgan fingerprint density at radius 2 is 1.89 bits per heavy atom. The largest absolute Gasteiger partial charge is 0.481 e. The normalized spacial score (nSPS) is 12.7. The zero-order valence-electron chi connectivity index (χ0n) is 11.0. The van der Waals surface area contributed by atoms with Gasteiger partial charge in [-0.25, -0.2) is 4.39 Å². The molecule has 0 spiro atoms. The fourth-order valence-corrected chi connectivity index (χ4v) is 2.23. The maximum atomic E-state index is 13.5. The molecule has 1 aromatic rings. The summed E-state index contributed by atoms with van der Waals surface area (Å²) >= 11 is 0. The van der Waals surface area contributed by atoms with Crippen LogP contribution in [0.2, 0.25) is 0 Å². The molecule has 1 aromatic carbocycles. The second-order valence-electron chi connectivity index (χ2n) is 4.75. The summed E-state index contributed by atoms with van der Waals surface area (Å²) in [7, 11) is 0. The Morgan fingerprint density at radius 3 is 2.39 bits per heavy atom. The maximum absolute atomic E-state index is 13.5. The molecule has 1 unspecified atom stereocenters. The van der Waals surface area contributed by atoms with Crippen LogP contribution in [-0.4, -0.2) is 11.1 Å². The summed E-state index contributed by atoms with van der Waals surface area (Å²) in [4.78, 5) is 11.3. The SMILES string of the molecule is CCC(CC)CC(Cc1ccccc1F)C(=O)O. The molecule has 2 nitrogen and oxygen atoms in total. The lowest BCUT2D eigenvalue weighted by Crippen LogP contribution is -2.20. The molecule has 0 aliphatic rings. The van der Waals surface area contributed by atoms with E-state index < -0.39 is 11.9 Å². The highest BCUT2D eigenvalue weighted by Crippen LogP contribution is 2.23. The summed E-state index contributed by atoms with van der Waals surface area (Å²) in [6, 6.07) is 6.41. The van der Waals surface area contributed by atoms with Gasteiger partial charge in [-0.2, -0.15) is 0 Å². The van der Waals surface area contributed by atoms with Gasteiger partial charge in [-0.05, 0) is 30.4 Å². The van der Waals surface area contributed by atoms with Crippen molar-refractivity contribution in [2.24, 2.45) is 11.8 Å². The van der Waals surface area contributed by atoms with Gasteiger partial charge in [0.15, 0.2) is 0 Å². The molecule has 1 atom stereocenters. The van der Waals surface area contributed by atoms with Gasteiger partial charge in [-0.1, -0.05) is 44.9 Å². The van der Waals surface area contributed by atoms with E-state index in [2.05, 4.69) is 13.8 Å². The van der Waals surface area contributed by atoms with E-state index in [0.29, 0.717) is 17.9 Å². The first-order valence-corrected chi connectivity index (χ1v) is 6.54. The van der Waals surface area contributed by atoms with Crippen molar-refractivity contribution >= 4 is 5.97 Å². The Kier molecular flexibility index (Phi) is 5.83. The van der Waals surface area contributed by atoms with Gasteiger partial charge in [0.05, 0.1) is 5.92 Å². The second-order valence-corrected chi connectivity index (χ2v) is 4.75. The minimum Gasteiger partial charge on any atom is -0.481 e. The first kappa shape index (κ1) is 14.7. The molecule has 0 saturated heterocycles. The number of benzene rings is 1. The number of carbonyl (C=O) groups is 1. The lowest BCUT2D eigenvalue weighted by atomic mass is 9.87. The molecule has 0 aliphatic carbocycles. The van der Waals surface area contributed by atoms with E-state index in [-0.39, 0.29) is 12.2 Å². The standard InChI is InChI=1S/C15H21FO2/c1-3-11(4-2)9-13(15(17)18)10-12-7-5-6-8-14(12)16/h5-8,11,13H,3-4,9-10H2,1-2H3,(H,17,18). The van der Waals surface area contributed by atoms with E-state index in [1.807, 2.05) is 0 Å². The third-order valence-electron chi connectivity index (χ3n) is 3.55. The highest BCUT2D eigenvalue weighted by atomic mass is 19.1. The number of halogens is 1. The number of rotatable bonds is 7. The van der Waals surface area contributed by atoms with E-state index in [9.17, 15) is 14.3 Å². The molecular weight excluding hydrogens is 231 g/mol. The third kappa shape index (κ3) is 4.13. The fourth-order valence-electron chi connectivity index (χ4n) is 2.23. The van der Waals surface area contributed by atoms with Crippen molar-refractivity contribution in [1.82, 2.24) is 0 Å². The minimum absolute atomic E-state index is 0.276. The summed E-state index contributed by atoms with van der Waals surface area (Å²) in [6.45, 7) is 4.13. The van der Waals surface area contributed by atoms with Crippen molar-refractivity contribution in [3.8, 4) is 0 Å². The number of aliphatic carboxylic acids is 1. The first-order valence-electron chi connectivity index (χ1n) is 6.54. The third-order valence-corrected chi connectivity index (χ3v) is 3.55. The van der Waals surface area contributed by atoms with Crippen LogP contribution in [0.15, 0.2) is 24.3 Å². The van der Waals surface area contributed by atoms with Gasteiger partial charge in [-0.3, -0.25) is 4.79 Å². The van der Waals surface area contributed by atoms with Crippen molar-refractivity contribution in [3.05, 3.63) is 35.6 Å². The zero-order valence-corrected chi connectivity index (χ0v) is 11.0. The van der Waals surface area contributed by atoms with Crippen LogP contribution >= 0.6 is 0 Å². The number of carboxylic acid groups (broad SMARTS) is 1. The number of hydrogen-bond acceptors (Lipinski definition) is 1. The van der Waals surface area contributed by atoms with E-state index in [1.165, 1.54) is 6.07 Å². The van der Waals surface area contributed by atoms with E-state index in [1.54, 1.807) is 18.2 Å². The second kappa shape index (κ2) is 7.14. The van der Waals surface area contributed by atoms with Gasteiger partial charge >= 0.3 is 5.97 Å². The van der Waals surface area contributed by atoms with Crippen molar-refractivity contribution in [3.63, 3.8) is 0 Å². The topological polar surface area (TPSA) is 37.3 Å². The summed E-state index contributed by atoms with van der Waals surface area (Å²) in [5, 5.41) is 9.24. The van der Waals surface area contributed by atoms with Crippen LogP contribution in [0, 0.1) is 17.7 Å². The van der Waals surface area contributed by atoms with Gasteiger partial charge in [0.25, 0.3) is 0 Å². The molecule has 0 heterocycles. The van der Waals surface area contributed by atoms with Crippen LogP contribution < -0.4 is 0 Å². The Labute approximate surface area is 108 Å². The molecule has 1 rings (SSSR count). The Balaban J connectivity index is 2.75. The van der Waals surface area contributed by atoms with Crippen LogP contribution in [0.4, 0.5) is 4.39 Å². The fraction of sp³-hybridized carbons (Fsp3) is 0.533. The predicted octanol–water partition coefficient (Wildman–Crippen LogP) is 3.90. The van der Waals surface area contributed by atoms with Crippen molar-refractivity contribution < 1.29 is 14.3 Å². The molecule has 0 bridgehead atoms. The molecule has 0 saturated carbocycles. The monoisotopic (exact) mass is 252 g/mol. The summed E-state index contributed by atoms with van der Waals surface area (Å²) in [5.74, 6) is -1.23. The predicted molar refractivity (Wildman–Crippen MR) is 69.9 cm³/mol. The molecule has 0 amide bonds. The minimum atomic E-state index is -0.829. The Morgan fingerprint density at radius 1 is 1.28 bits per heavy atom. The van der Waals surface area contributed by atoms with Crippen LogP contribution in [0.1, 0.15) is 38.7 Å². The maximum Gasteiger partial charge on any atom is 0.306 e. The molecule has 3 heteroatoms. The van der Waals surface area contributed by atoms with Gasteiger partial charge in [-0.15, -0.1) is 0 Å². The van der Waals surface area contributed by atoms with Gasteiger partial charge in [0.1, 0.15) is 5.82 Å². The molecule has 0 aromatic heterocycles. The molecule has 1 N–H and O–H groups in total. The van der Waals surface area contributed by atoms with Gasteiger partial charge in [0, 0.05) is 0 Å². The van der Waals surface area contributed by atoms with Crippen LogP contribution in [0.5, 0.6) is 0 Å². The number of carboxylic acids is 1. The van der Waals surface area contributed by atoms with Gasteiger partial charge in [0.2, 0.25) is 0 Å². The lowest BCUT2D eigenvalue weighted by molar-refractivity contribution is -0.142. The average Bonchev–Trinajstić information content (AvgIpc) is 2.36. The van der Waals surface area contributed by atoms with Gasteiger partial charge < -0.3 is 5.11 Å². The summed E-state index contributed by atoms with van der Waals surface area (Å²) in [5.41, 5.74) is 0.496. The van der Waals surface area contributed by atoms with Crippen molar-refractivity contribution in [1.29, 1.82) is 0 Å². The highest BCUT2D eigenvalue weighted by molar-refractivity contribution is 5.70. The molecule has 0 aliphatic heterocycles. The highest BCUT2D eigenvalue weighted by Gasteiger charge is 2.22. The number of hydrogen-bond donors (Lipinski definition) is 1. The quantitative estimate of drug-likeness (QED) is 0.799. The van der Waals surface area contributed by atoms with E-state index in [4.69, 9.17) is 0 Å². The molecule has 0 fully saturated rings. The van der Waals surface area contributed by atoms with Crippen LogP contribution in [-0.2, 0) is 11.2 Å². The lowest BCUT2D eigenvalue weighted by Gasteiger charge is -2.18. The van der Waals surface area contributed by atoms with Crippen LogP contribution in [0.3, 0.4) is 0 Å². The van der Waals surface area contributed by atoms with Crippen molar-refractivity contribution in [2.75, 3.05) is 0 Å². The summed E-state index contributed by atoms with van der Waals surface area (Å²) in [6.07, 6.45) is 2.84. The first-order chi connectivity index (χ1) is 8.58. The molecule has 18 heavy (non-hydrogen) atoms. The Bertz CT molecular complexity index is 386. The summed E-state index contributed by atoms with van der Waals surface area (Å²) < 4.78 is 13.5. The smallest absolute Gasteiger partial charge is 0.306 e. The van der Waals surface area contributed by atoms with E-state index in [0.717, 1.165) is 12.8 Å². The Hall–Kier alpha value is -1.38. The van der Waals surface area contributed by atoms with Crippen molar-refractivity contribution in [2.45, 2.75) is 39.5 Å². The molecule has 0 radical (unpaired) electrons. The van der Waals surface area contributed by atoms with Crippen LogP contribution in [0.25, 0.3) is 0 Å². The molecular formula is C15H21FO2. The molecule has 100 valence electrons.